The number of carbonyl (C=O) groups is 1. The molecule has 0 aromatic heterocycles. The summed E-state index contributed by atoms with van der Waals surface area (Å²) < 4.78 is 5.15. The molecular formula is C9H17NO2. The molecule has 0 unspecified atom stereocenters. The van der Waals surface area contributed by atoms with Crippen molar-refractivity contribution in [3.63, 3.8) is 0 Å². The van der Waals surface area contributed by atoms with Gasteiger partial charge in [-0.3, -0.25) is 4.79 Å². The van der Waals surface area contributed by atoms with Crippen molar-refractivity contribution in [2.24, 2.45) is 11.7 Å². The van der Waals surface area contributed by atoms with Crippen molar-refractivity contribution in [1.82, 2.24) is 0 Å². The van der Waals surface area contributed by atoms with Gasteiger partial charge in [0, 0.05) is 0 Å². The van der Waals surface area contributed by atoms with Gasteiger partial charge in [-0.1, -0.05) is 13.8 Å². The molecule has 1 aliphatic rings. The zero-order chi connectivity index (χ0) is 9.14. The van der Waals surface area contributed by atoms with Crippen molar-refractivity contribution in [3.05, 3.63) is 0 Å². The van der Waals surface area contributed by atoms with Gasteiger partial charge in [-0.05, 0) is 25.2 Å². The Morgan fingerprint density at radius 2 is 2.08 bits per heavy atom. The highest BCUT2D eigenvalue weighted by molar-refractivity contribution is 5.76. The molecule has 0 bridgehead atoms. The predicted octanol–water partition coefficient (Wildman–Crippen LogP) is 1.07. The van der Waals surface area contributed by atoms with Gasteiger partial charge in [0.2, 0.25) is 0 Å². The van der Waals surface area contributed by atoms with Crippen LogP contribution in [0.15, 0.2) is 0 Å². The summed E-state index contributed by atoms with van der Waals surface area (Å²) in [6, 6.07) is -0.453. The van der Waals surface area contributed by atoms with Gasteiger partial charge in [0.05, 0.1) is 0 Å². The molecule has 12 heavy (non-hydrogen) atoms. The fourth-order valence-corrected chi connectivity index (χ4v) is 1.00. The average Bonchev–Trinajstić information content (AvgIpc) is 1.94. The molecule has 0 aromatic carbocycles. The average molecular weight is 171 g/mol. The van der Waals surface area contributed by atoms with E-state index in [1.165, 1.54) is 6.42 Å². The maximum Gasteiger partial charge on any atom is 0.323 e. The van der Waals surface area contributed by atoms with Gasteiger partial charge >= 0.3 is 5.97 Å². The zero-order valence-electron chi connectivity index (χ0n) is 7.75. The third kappa shape index (κ3) is 2.21. The maximum atomic E-state index is 11.2. The molecule has 0 aliphatic heterocycles. The molecule has 0 spiro atoms. The number of rotatable bonds is 3. The van der Waals surface area contributed by atoms with E-state index in [1.54, 1.807) is 0 Å². The Morgan fingerprint density at radius 3 is 2.42 bits per heavy atom. The molecule has 3 nitrogen and oxygen atoms in total. The molecule has 0 saturated heterocycles. The van der Waals surface area contributed by atoms with Crippen LogP contribution in [0.1, 0.15) is 33.1 Å². The molecule has 1 atom stereocenters. The summed E-state index contributed by atoms with van der Waals surface area (Å²) in [5, 5.41) is 0. The predicted molar refractivity (Wildman–Crippen MR) is 46.5 cm³/mol. The fraction of sp³-hybridized carbons (Fsp3) is 0.889. The first-order chi connectivity index (χ1) is 5.61. The molecule has 1 rings (SSSR count). The number of esters is 1. The van der Waals surface area contributed by atoms with E-state index in [0.29, 0.717) is 0 Å². The Morgan fingerprint density at radius 1 is 1.50 bits per heavy atom. The smallest absolute Gasteiger partial charge is 0.323 e. The third-order valence-electron chi connectivity index (χ3n) is 2.33. The molecule has 0 radical (unpaired) electrons. The largest absolute Gasteiger partial charge is 0.461 e. The lowest BCUT2D eigenvalue weighted by Crippen LogP contribution is -2.40. The Bertz CT molecular complexity index is 164. The van der Waals surface area contributed by atoms with Gasteiger partial charge in [0.15, 0.2) is 0 Å². The summed E-state index contributed by atoms with van der Waals surface area (Å²) in [6.07, 6.45) is 3.35. The normalized spacial score (nSPS) is 20.3. The van der Waals surface area contributed by atoms with Crippen LogP contribution in [0.25, 0.3) is 0 Å². The molecular weight excluding hydrogens is 154 g/mol. The first-order valence-corrected chi connectivity index (χ1v) is 4.57. The van der Waals surface area contributed by atoms with E-state index in [-0.39, 0.29) is 18.0 Å². The van der Waals surface area contributed by atoms with Crippen molar-refractivity contribution in [3.8, 4) is 0 Å². The summed E-state index contributed by atoms with van der Waals surface area (Å²) in [7, 11) is 0. The van der Waals surface area contributed by atoms with Gasteiger partial charge in [0.25, 0.3) is 0 Å². The lowest BCUT2D eigenvalue weighted by molar-refractivity contribution is -0.155. The van der Waals surface area contributed by atoms with Crippen LogP contribution in [-0.2, 0) is 9.53 Å². The quantitative estimate of drug-likeness (QED) is 0.646. The standard InChI is InChI=1S/C9H17NO2/c1-6(2)8(10)9(11)12-7-4-3-5-7/h6-8H,3-5,10H2,1-2H3/t8-/m0/s1. The van der Waals surface area contributed by atoms with E-state index >= 15 is 0 Å². The maximum absolute atomic E-state index is 11.2. The topological polar surface area (TPSA) is 52.3 Å². The van der Waals surface area contributed by atoms with E-state index in [2.05, 4.69) is 0 Å². The van der Waals surface area contributed by atoms with Gasteiger partial charge in [-0.15, -0.1) is 0 Å². The van der Waals surface area contributed by atoms with Gasteiger partial charge < -0.3 is 10.5 Å². The van der Waals surface area contributed by atoms with Crippen LogP contribution >= 0.6 is 0 Å². The van der Waals surface area contributed by atoms with E-state index in [1.807, 2.05) is 13.8 Å². The Balaban J connectivity index is 2.26. The first kappa shape index (κ1) is 9.52. The molecule has 1 fully saturated rings. The SMILES string of the molecule is CC(C)[C@H](N)C(=O)OC1CCC1. The first-order valence-electron chi connectivity index (χ1n) is 4.57. The molecule has 0 aromatic rings. The highest BCUT2D eigenvalue weighted by Crippen LogP contribution is 2.22. The van der Waals surface area contributed by atoms with Crippen LogP contribution in [0.2, 0.25) is 0 Å². The van der Waals surface area contributed by atoms with Crippen LogP contribution in [0.3, 0.4) is 0 Å². The summed E-state index contributed by atoms with van der Waals surface area (Å²) in [5.41, 5.74) is 5.61. The molecule has 3 heteroatoms. The van der Waals surface area contributed by atoms with Crippen LogP contribution in [0, 0.1) is 5.92 Å². The van der Waals surface area contributed by atoms with Gasteiger partial charge in [0.1, 0.15) is 12.1 Å². The minimum absolute atomic E-state index is 0.155. The number of nitrogens with two attached hydrogens (primary N) is 1. The van der Waals surface area contributed by atoms with Crippen molar-refractivity contribution in [2.45, 2.75) is 45.3 Å². The summed E-state index contributed by atoms with van der Waals surface area (Å²) in [4.78, 5) is 11.2. The van der Waals surface area contributed by atoms with Crippen molar-refractivity contribution < 1.29 is 9.53 Å². The third-order valence-corrected chi connectivity index (χ3v) is 2.33. The summed E-state index contributed by atoms with van der Waals surface area (Å²) in [5.74, 6) is -0.0766. The van der Waals surface area contributed by atoms with E-state index in [4.69, 9.17) is 10.5 Å². The van der Waals surface area contributed by atoms with E-state index in [0.717, 1.165) is 12.8 Å². The zero-order valence-corrected chi connectivity index (χ0v) is 7.75. The molecule has 70 valence electrons. The second-order valence-corrected chi connectivity index (χ2v) is 3.76. The number of hydrogen-bond acceptors (Lipinski definition) is 3. The lowest BCUT2D eigenvalue weighted by Gasteiger charge is -2.27. The van der Waals surface area contributed by atoms with Gasteiger partial charge in [-0.2, -0.15) is 0 Å². The molecule has 1 saturated carbocycles. The van der Waals surface area contributed by atoms with Gasteiger partial charge in [-0.25, -0.2) is 0 Å². The minimum Gasteiger partial charge on any atom is -0.461 e. The number of carbonyl (C=O) groups excluding carboxylic acids is 1. The molecule has 2 N–H and O–H groups in total. The second kappa shape index (κ2) is 3.90. The Kier molecular flexibility index (Phi) is 3.09. The number of ether oxygens (including phenoxy) is 1. The highest BCUT2D eigenvalue weighted by atomic mass is 16.5. The van der Waals surface area contributed by atoms with Crippen LogP contribution in [-0.4, -0.2) is 18.1 Å². The summed E-state index contributed by atoms with van der Waals surface area (Å²) >= 11 is 0. The Hall–Kier alpha value is -0.570. The molecule has 0 heterocycles. The van der Waals surface area contributed by atoms with Crippen LogP contribution in [0.4, 0.5) is 0 Å². The van der Waals surface area contributed by atoms with Crippen molar-refractivity contribution in [1.29, 1.82) is 0 Å². The van der Waals surface area contributed by atoms with Crippen LogP contribution in [0.5, 0.6) is 0 Å². The van der Waals surface area contributed by atoms with E-state index < -0.39 is 6.04 Å². The highest BCUT2D eigenvalue weighted by Gasteiger charge is 2.26. The molecule has 0 amide bonds. The molecule has 1 aliphatic carbocycles. The second-order valence-electron chi connectivity index (χ2n) is 3.76. The van der Waals surface area contributed by atoms with E-state index in [9.17, 15) is 4.79 Å². The fourth-order valence-electron chi connectivity index (χ4n) is 1.00. The Labute approximate surface area is 73.3 Å². The lowest BCUT2D eigenvalue weighted by atomic mass is 9.96. The summed E-state index contributed by atoms with van der Waals surface area (Å²) in [6.45, 7) is 3.85. The van der Waals surface area contributed by atoms with Crippen molar-refractivity contribution >= 4 is 5.97 Å². The number of hydrogen-bond donors (Lipinski definition) is 1. The van der Waals surface area contributed by atoms with Crippen LogP contribution < -0.4 is 5.73 Å². The van der Waals surface area contributed by atoms with Crippen molar-refractivity contribution in [2.75, 3.05) is 0 Å². The monoisotopic (exact) mass is 171 g/mol. The minimum atomic E-state index is -0.453.